The van der Waals surface area contributed by atoms with Crippen LogP contribution in [0.1, 0.15) is 12.1 Å². The highest BCUT2D eigenvalue weighted by molar-refractivity contribution is 6.76. The highest BCUT2D eigenvalue weighted by Crippen LogP contribution is 2.10. The molecule has 0 atom stereocenters. The second kappa shape index (κ2) is 4.09. The molecule has 0 N–H and O–H groups in total. The van der Waals surface area contributed by atoms with Crippen LogP contribution in [0, 0.1) is 6.92 Å². The third-order valence-corrected chi connectivity index (χ3v) is 4.06. The molecular weight excluding hydrogens is 178 g/mol. The van der Waals surface area contributed by atoms with E-state index in [0.717, 1.165) is 6.54 Å². The Morgan fingerprint density at radius 1 is 1.38 bits per heavy atom. The van der Waals surface area contributed by atoms with Gasteiger partial charge in [0.2, 0.25) is 5.69 Å². The number of oxazole rings is 1. The van der Waals surface area contributed by atoms with Crippen molar-refractivity contribution in [3.8, 4) is 0 Å². The summed E-state index contributed by atoms with van der Waals surface area (Å²) in [7, 11) is -0.852. The maximum Gasteiger partial charge on any atom is 0.334 e. The number of hydrogen-bond donors (Lipinski definition) is 0. The summed E-state index contributed by atoms with van der Waals surface area (Å²) in [4.78, 5) is 0. The first-order valence-electron chi connectivity index (χ1n) is 4.91. The van der Waals surface area contributed by atoms with Gasteiger partial charge in [0.25, 0.3) is 0 Å². The van der Waals surface area contributed by atoms with Gasteiger partial charge in [0.05, 0.1) is 0 Å². The van der Waals surface area contributed by atoms with Crippen LogP contribution in [0.25, 0.3) is 0 Å². The van der Waals surface area contributed by atoms with Gasteiger partial charge in [-0.25, -0.2) is 0 Å². The maximum atomic E-state index is 5.10. The van der Waals surface area contributed by atoms with Crippen molar-refractivity contribution in [1.29, 1.82) is 0 Å². The van der Waals surface area contributed by atoms with Gasteiger partial charge in [-0.3, -0.25) is 0 Å². The van der Waals surface area contributed by atoms with E-state index in [1.54, 1.807) is 12.7 Å². The lowest BCUT2D eigenvalue weighted by Gasteiger charge is -2.13. The van der Waals surface area contributed by atoms with Crippen molar-refractivity contribution < 1.29 is 8.98 Å². The summed E-state index contributed by atoms with van der Waals surface area (Å²) >= 11 is 0. The smallest absolute Gasteiger partial charge is 0.334 e. The van der Waals surface area contributed by atoms with Crippen LogP contribution in [-0.2, 0) is 6.54 Å². The largest absolute Gasteiger partial charge is 0.412 e. The first-order valence-corrected chi connectivity index (χ1v) is 8.62. The molecule has 1 heterocycles. The lowest BCUT2D eigenvalue weighted by atomic mass is 10.4. The molecule has 1 aromatic heterocycles. The Bertz CT molecular complexity index is 262. The molecular formula is C10H20NOSi+. The van der Waals surface area contributed by atoms with Crippen LogP contribution in [0.15, 0.2) is 17.1 Å². The minimum Gasteiger partial charge on any atom is -0.412 e. The van der Waals surface area contributed by atoms with Crippen molar-refractivity contribution in [2.45, 2.75) is 45.6 Å². The molecule has 0 aromatic carbocycles. The lowest BCUT2D eigenvalue weighted by molar-refractivity contribution is -0.705. The quantitative estimate of drug-likeness (QED) is 0.537. The van der Waals surface area contributed by atoms with Crippen LogP contribution < -0.4 is 4.57 Å². The Balaban J connectivity index is 2.32. The van der Waals surface area contributed by atoms with E-state index in [2.05, 4.69) is 31.1 Å². The molecule has 0 aliphatic rings. The van der Waals surface area contributed by atoms with Gasteiger partial charge in [-0.2, -0.15) is 4.57 Å². The fourth-order valence-electron chi connectivity index (χ4n) is 1.36. The molecule has 0 saturated carbocycles. The van der Waals surface area contributed by atoms with E-state index < -0.39 is 8.07 Å². The van der Waals surface area contributed by atoms with Crippen molar-refractivity contribution in [3.05, 3.63) is 18.4 Å². The van der Waals surface area contributed by atoms with E-state index >= 15 is 0 Å². The van der Waals surface area contributed by atoms with E-state index in [9.17, 15) is 0 Å². The zero-order valence-corrected chi connectivity index (χ0v) is 10.1. The van der Waals surface area contributed by atoms with Crippen LogP contribution in [0.4, 0.5) is 0 Å². The third kappa shape index (κ3) is 3.76. The molecule has 0 unspecified atom stereocenters. The summed E-state index contributed by atoms with van der Waals surface area (Å²) in [6.07, 6.45) is 4.88. The molecule has 0 bridgehead atoms. The molecule has 0 fully saturated rings. The molecule has 0 spiro atoms. The fraction of sp³-hybridized carbons (Fsp3) is 0.700. The summed E-state index contributed by atoms with van der Waals surface area (Å²) in [5, 5.41) is 0. The highest BCUT2D eigenvalue weighted by atomic mass is 28.3. The van der Waals surface area contributed by atoms with Gasteiger partial charge in [0.15, 0.2) is 12.8 Å². The molecule has 74 valence electrons. The SMILES string of the molecule is Cc1coc[n+]1CCC[Si](C)(C)C. The zero-order chi connectivity index (χ0) is 9.90. The predicted molar refractivity (Wildman–Crippen MR) is 56.4 cm³/mol. The topological polar surface area (TPSA) is 17.0 Å². The van der Waals surface area contributed by atoms with E-state index in [1.165, 1.54) is 18.2 Å². The average molecular weight is 198 g/mol. The molecule has 0 aliphatic heterocycles. The number of hydrogen-bond acceptors (Lipinski definition) is 1. The van der Waals surface area contributed by atoms with Gasteiger partial charge < -0.3 is 4.42 Å². The van der Waals surface area contributed by atoms with E-state index in [-0.39, 0.29) is 0 Å². The van der Waals surface area contributed by atoms with Crippen LogP contribution >= 0.6 is 0 Å². The zero-order valence-electron chi connectivity index (χ0n) is 9.13. The summed E-state index contributed by atoms with van der Waals surface area (Å²) in [6.45, 7) is 10.4. The van der Waals surface area contributed by atoms with Gasteiger partial charge in [-0.1, -0.05) is 25.7 Å². The third-order valence-electron chi connectivity index (χ3n) is 2.21. The normalized spacial score (nSPS) is 12.0. The van der Waals surface area contributed by atoms with Gasteiger partial charge >= 0.3 is 6.39 Å². The Morgan fingerprint density at radius 2 is 2.08 bits per heavy atom. The summed E-state index contributed by atoms with van der Waals surface area (Å²) in [6, 6.07) is 1.39. The van der Waals surface area contributed by atoms with Crippen molar-refractivity contribution in [2.75, 3.05) is 0 Å². The molecule has 0 saturated heterocycles. The standard InChI is InChI=1S/C10H20NOSi/c1-10-8-12-9-11(10)6-5-7-13(2,3)4/h8-9H,5-7H2,1-4H3/q+1. The van der Waals surface area contributed by atoms with Gasteiger partial charge in [-0.15, -0.1) is 0 Å². The molecule has 13 heavy (non-hydrogen) atoms. The first kappa shape index (κ1) is 10.5. The van der Waals surface area contributed by atoms with Crippen LogP contribution in [0.2, 0.25) is 25.7 Å². The number of rotatable bonds is 4. The minimum absolute atomic E-state index is 0.852. The Morgan fingerprint density at radius 3 is 2.54 bits per heavy atom. The number of nitrogens with zero attached hydrogens (tertiary/aromatic N) is 1. The predicted octanol–water partition coefficient (Wildman–Crippen LogP) is 2.60. The Hall–Kier alpha value is -0.573. The van der Waals surface area contributed by atoms with Crippen molar-refractivity contribution in [1.82, 2.24) is 0 Å². The molecule has 1 rings (SSSR count). The van der Waals surface area contributed by atoms with Crippen molar-refractivity contribution >= 4 is 8.07 Å². The molecule has 1 aromatic rings. The highest BCUT2D eigenvalue weighted by Gasteiger charge is 2.14. The lowest BCUT2D eigenvalue weighted by Crippen LogP contribution is -2.35. The molecule has 0 aliphatic carbocycles. The minimum atomic E-state index is -0.852. The van der Waals surface area contributed by atoms with Crippen LogP contribution in [0.3, 0.4) is 0 Å². The summed E-state index contributed by atoms with van der Waals surface area (Å²) < 4.78 is 7.28. The fourth-order valence-corrected chi connectivity index (χ4v) is 2.58. The average Bonchev–Trinajstić information content (AvgIpc) is 2.34. The maximum absolute atomic E-state index is 5.10. The van der Waals surface area contributed by atoms with Crippen LogP contribution in [-0.4, -0.2) is 8.07 Å². The van der Waals surface area contributed by atoms with E-state index in [1.807, 2.05) is 0 Å². The van der Waals surface area contributed by atoms with E-state index in [0.29, 0.717) is 0 Å². The molecule has 0 radical (unpaired) electrons. The molecule has 0 amide bonds. The monoisotopic (exact) mass is 198 g/mol. The van der Waals surface area contributed by atoms with Gasteiger partial charge in [0, 0.05) is 21.4 Å². The Kier molecular flexibility index (Phi) is 3.31. The number of aromatic nitrogens is 1. The molecule has 3 heteroatoms. The van der Waals surface area contributed by atoms with Crippen LogP contribution in [0.5, 0.6) is 0 Å². The summed E-state index contributed by atoms with van der Waals surface area (Å²) in [5.74, 6) is 0. The summed E-state index contributed by atoms with van der Waals surface area (Å²) in [5.41, 5.74) is 1.22. The second-order valence-electron chi connectivity index (χ2n) is 4.86. The van der Waals surface area contributed by atoms with E-state index in [4.69, 9.17) is 4.42 Å². The van der Waals surface area contributed by atoms with Crippen molar-refractivity contribution in [2.24, 2.45) is 0 Å². The first-order chi connectivity index (χ1) is 5.99. The van der Waals surface area contributed by atoms with Gasteiger partial charge in [0.1, 0.15) is 0 Å². The second-order valence-corrected chi connectivity index (χ2v) is 10.5. The van der Waals surface area contributed by atoms with Gasteiger partial charge in [-0.05, 0) is 0 Å². The number of aryl methyl sites for hydroxylation is 2. The Labute approximate surface area is 81.6 Å². The van der Waals surface area contributed by atoms with Crippen molar-refractivity contribution in [3.63, 3.8) is 0 Å². The molecule has 2 nitrogen and oxygen atoms in total.